The zero-order chi connectivity index (χ0) is 20.4. The molecule has 1 aromatic carbocycles. The summed E-state index contributed by atoms with van der Waals surface area (Å²) in [5, 5.41) is 6.58. The van der Waals surface area contributed by atoms with Crippen LogP contribution in [0.15, 0.2) is 35.3 Å². The van der Waals surface area contributed by atoms with E-state index in [1.54, 1.807) is 7.05 Å². The van der Waals surface area contributed by atoms with Crippen LogP contribution in [-0.2, 0) is 10.0 Å². The van der Waals surface area contributed by atoms with Crippen molar-refractivity contribution in [3.8, 4) is 0 Å². The van der Waals surface area contributed by atoms with Crippen molar-refractivity contribution in [2.24, 2.45) is 10.9 Å². The zero-order valence-corrected chi connectivity index (χ0v) is 19.2. The van der Waals surface area contributed by atoms with Crippen LogP contribution in [0.25, 0.3) is 0 Å². The van der Waals surface area contributed by atoms with Gasteiger partial charge in [-0.25, -0.2) is 8.42 Å². The Balaban J connectivity index is 0.00000300. The van der Waals surface area contributed by atoms with Crippen LogP contribution in [0.5, 0.6) is 0 Å². The molecule has 2 fully saturated rings. The van der Waals surface area contributed by atoms with Crippen molar-refractivity contribution in [2.45, 2.75) is 36.7 Å². The molecule has 2 N–H and O–H groups in total. The quantitative estimate of drug-likeness (QED) is 0.339. The number of hydrogen-bond acceptors (Lipinski definition) is 3. The lowest BCUT2D eigenvalue weighted by atomic mass is 9.98. The van der Waals surface area contributed by atoms with Crippen molar-refractivity contribution in [3.05, 3.63) is 35.9 Å². The summed E-state index contributed by atoms with van der Waals surface area (Å²) in [5.41, 5.74) is -3.95. The van der Waals surface area contributed by atoms with E-state index in [1.165, 1.54) is 5.56 Å². The highest BCUT2D eigenvalue weighted by molar-refractivity contribution is 14.0. The first kappa shape index (κ1) is 24.2. The first-order valence-corrected chi connectivity index (χ1v) is 10.7. The van der Waals surface area contributed by atoms with Gasteiger partial charge >= 0.3 is 15.5 Å². The van der Waals surface area contributed by atoms with Crippen LogP contribution in [0, 0.1) is 5.92 Å². The van der Waals surface area contributed by atoms with Gasteiger partial charge in [-0.3, -0.25) is 4.99 Å². The molecule has 2 unspecified atom stereocenters. The lowest BCUT2D eigenvalue weighted by molar-refractivity contribution is -0.0496. The van der Waals surface area contributed by atoms with Gasteiger partial charge in [0.1, 0.15) is 0 Å². The second-order valence-electron chi connectivity index (χ2n) is 7.25. The van der Waals surface area contributed by atoms with Crippen molar-refractivity contribution in [1.82, 2.24) is 14.9 Å². The number of benzene rings is 1. The predicted molar refractivity (Wildman–Crippen MR) is 117 cm³/mol. The van der Waals surface area contributed by atoms with Gasteiger partial charge in [0.25, 0.3) is 0 Å². The molecule has 1 aromatic rings. The van der Waals surface area contributed by atoms with Crippen molar-refractivity contribution in [1.29, 1.82) is 0 Å². The molecule has 1 saturated carbocycles. The number of halogens is 4. The van der Waals surface area contributed by atoms with E-state index in [2.05, 4.69) is 27.8 Å². The number of rotatable bonds is 5. The summed E-state index contributed by atoms with van der Waals surface area (Å²) in [6.45, 7) is 0.320. The van der Waals surface area contributed by atoms with Gasteiger partial charge in [-0.1, -0.05) is 30.3 Å². The second kappa shape index (κ2) is 9.82. The van der Waals surface area contributed by atoms with Crippen molar-refractivity contribution in [3.63, 3.8) is 0 Å². The molecule has 6 nitrogen and oxygen atoms in total. The van der Waals surface area contributed by atoms with E-state index in [1.807, 2.05) is 18.2 Å². The highest BCUT2D eigenvalue weighted by Gasteiger charge is 2.50. The average Bonchev–Trinajstić information content (AvgIpc) is 3.44. The van der Waals surface area contributed by atoms with E-state index >= 15 is 0 Å². The van der Waals surface area contributed by atoms with Gasteiger partial charge in [0.2, 0.25) is 0 Å². The molecule has 11 heteroatoms. The van der Waals surface area contributed by atoms with Gasteiger partial charge in [-0.15, -0.1) is 24.0 Å². The lowest BCUT2D eigenvalue weighted by Crippen LogP contribution is -2.47. The molecule has 1 aliphatic heterocycles. The Labute approximate surface area is 186 Å². The molecule has 0 bridgehead atoms. The van der Waals surface area contributed by atoms with Crippen LogP contribution in [0.3, 0.4) is 0 Å². The number of nitrogens with one attached hydrogen (secondary N) is 2. The molecule has 1 heterocycles. The average molecular weight is 546 g/mol. The van der Waals surface area contributed by atoms with Crippen LogP contribution in [-0.4, -0.2) is 56.9 Å². The summed E-state index contributed by atoms with van der Waals surface area (Å²) in [5.74, 6) is 1.21. The monoisotopic (exact) mass is 546 g/mol. The van der Waals surface area contributed by atoms with Crippen molar-refractivity contribution < 1.29 is 21.6 Å². The first-order chi connectivity index (χ1) is 13.2. The summed E-state index contributed by atoms with van der Waals surface area (Å²) in [7, 11) is -3.55. The first-order valence-electron chi connectivity index (χ1n) is 9.31. The van der Waals surface area contributed by atoms with Crippen molar-refractivity contribution >= 4 is 40.0 Å². The third-order valence-corrected chi connectivity index (χ3v) is 6.96. The highest BCUT2D eigenvalue weighted by Crippen LogP contribution is 2.40. The molecule has 1 saturated heterocycles. The van der Waals surface area contributed by atoms with Gasteiger partial charge in [-0.2, -0.15) is 17.5 Å². The number of guanidine groups is 1. The lowest BCUT2D eigenvalue weighted by Gasteiger charge is -2.31. The zero-order valence-electron chi connectivity index (χ0n) is 16.0. The largest absolute Gasteiger partial charge is 0.511 e. The van der Waals surface area contributed by atoms with Gasteiger partial charge < -0.3 is 10.6 Å². The minimum atomic E-state index is -5.23. The predicted octanol–water partition coefficient (Wildman–Crippen LogP) is 2.89. The topological polar surface area (TPSA) is 73.8 Å². The minimum absolute atomic E-state index is 0. The third-order valence-electron chi connectivity index (χ3n) is 5.33. The van der Waals surface area contributed by atoms with E-state index in [0.29, 0.717) is 41.6 Å². The molecule has 2 atom stereocenters. The Bertz CT molecular complexity index is 797. The molecule has 3 rings (SSSR count). The molecule has 29 heavy (non-hydrogen) atoms. The molecule has 164 valence electrons. The van der Waals surface area contributed by atoms with Crippen LogP contribution in [0.4, 0.5) is 13.2 Å². The Morgan fingerprint density at radius 2 is 1.83 bits per heavy atom. The molecule has 0 radical (unpaired) electrons. The molecule has 0 spiro atoms. The summed E-state index contributed by atoms with van der Waals surface area (Å²) >= 11 is 0. The maximum Gasteiger partial charge on any atom is 0.511 e. The van der Waals surface area contributed by atoms with Gasteiger partial charge in [0.05, 0.1) is 0 Å². The fourth-order valence-corrected chi connectivity index (χ4v) is 4.52. The van der Waals surface area contributed by atoms with E-state index in [9.17, 15) is 21.6 Å². The van der Waals surface area contributed by atoms with Crippen LogP contribution >= 0.6 is 24.0 Å². The standard InChI is InChI=1S/C18H25F3N4O2S.HI/c1-22-17(24-16-11-15(16)14-5-3-2-4-6-14)23-12-13-7-9-25(10-8-13)28(26,27)18(19,20)21;/h2-6,13,15-16H,7-12H2,1H3,(H2,22,23,24);1H. The molecular weight excluding hydrogens is 520 g/mol. The molecular formula is C18H26F3IN4O2S. The Hall–Kier alpha value is -1.08. The summed E-state index contributed by atoms with van der Waals surface area (Å²) in [6, 6.07) is 10.5. The Morgan fingerprint density at radius 1 is 1.21 bits per heavy atom. The molecule has 0 aromatic heterocycles. The number of nitrogens with zero attached hydrogens (tertiary/aromatic N) is 2. The summed E-state index contributed by atoms with van der Waals surface area (Å²) in [4.78, 5) is 4.21. The molecule has 2 aliphatic rings. The number of piperidine rings is 1. The normalized spacial score (nSPS) is 23.9. The number of alkyl halides is 3. The maximum atomic E-state index is 12.6. The van der Waals surface area contributed by atoms with Gasteiger partial charge in [-0.05, 0) is 30.7 Å². The second-order valence-corrected chi connectivity index (χ2v) is 9.18. The highest BCUT2D eigenvalue weighted by atomic mass is 127. The number of aliphatic imine (C=N–C) groups is 1. The van der Waals surface area contributed by atoms with Crippen molar-refractivity contribution in [2.75, 3.05) is 26.7 Å². The Morgan fingerprint density at radius 3 is 2.38 bits per heavy atom. The fourth-order valence-electron chi connectivity index (χ4n) is 3.53. The minimum Gasteiger partial charge on any atom is -0.356 e. The van der Waals surface area contributed by atoms with E-state index in [-0.39, 0.29) is 43.0 Å². The summed E-state index contributed by atoms with van der Waals surface area (Å²) in [6.07, 6.45) is 1.79. The molecule has 0 amide bonds. The smallest absolute Gasteiger partial charge is 0.356 e. The van der Waals surface area contributed by atoms with Gasteiger partial charge in [0, 0.05) is 38.6 Å². The summed E-state index contributed by atoms with van der Waals surface area (Å²) < 4.78 is 61.3. The van der Waals surface area contributed by atoms with E-state index in [0.717, 1.165) is 6.42 Å². The maximum absolute atomic E-state index is 12.6. The third kappa shape index (κ3) is 5.97. The van der Waals surface area contributed by atoms with E-state index in [4.69, 9.17) is 0 Å². The van der Waals surface area contributed by atoms with Crippen LogP contribution in [0.2, 0.25) is 0 Å². The van der Waals surface area contributed by atoms with Crippen LogP contribution in [0.1, 0.15) is 30.7 Å². The van der Waals surface area contributed by atoms with Gasteiger partial charge in [0.15, 0.2) is 5.96 Å². The fraction of sp³-hybridized carbons (Fsp3) is 0.611. The number of hydrogen-bond donors (Lipinski definition) is 2. The van der Waals surface area contributed by atoms with Crippen LogP contribution < -0.4 is 10.6 Å². The molecule has 1 aliphatic carbocycles. The van der Waals surface area contributed by atoms with E-state index < -0.39 is 15.5 Å². The SMILES string of the molecule is CN=C(NCC1CCN(S(=O)(=O)C(F)(F)F)CC1)NC1CC1c1ccccc1.I. The number of sulfonamides is 1. The Kier molecular flexibility index (Phi) is 8.19.